The van der Waals surface area contributed by atoms with Gasteiger partial charge in [0.05, 0.1) is 19.6 Å². The zero-order valence-electron chi connectivity index (χ0n) is 14.9. The Morgan fingerprint density at radius 2 is 1.72 bits per heavy atom. The van der Waals surface area contributed by atoms with Crippen LogP contribution in [0.4, 0.5) is 4.79 Å². The summed E-state index contributed by atoms with van der Waals surface area (Å²) in [6.07, 6.45) is 0.789. The summed E-state index contributed by atoms with van der Waals surface area (Å²) in [5.41, 5.74) is -0.591. The average molecular weight is 349 g/mol. The molecule has 2 rings (SSSR count). The Kier molecular flexibility index (Phi) is 6.82. The van der Waals surface area contributed by atoms with Crippen molar-refractivity contribution in [3.8, 4) is 0 Å². The fraction of sp³-hybridized carbons (Fsp3) is 0.579. The lowest BCUT2D eigenvalue weighted by Crippen LogP contribution is -2.46. The molecule has 0 aromatic heterocycles. The highest BCUT2D eigenvalue weighted by molar-refractivity contribution is 5.71. The second-order valence-electron chi connectivity index (χ2n) is 6.23. The molecule has 0 spiro atoms. The first-order valence-electron chi connectivity index (χ1n) is 8.86. The van der Waals surface area contributed by atoms with Crippen molar-refractivity contribution in [2.24, 2.45) is 5.92 Å². The molecule has 1 aliphatic heterocycles. The highest BCUT2D eigenvalue weighted by Crippen LogP contribution is 2.39. The summed E-state index contributed by atoms with van der Waals surface area (Å²) in [5.74, 6) is -0.549. The van der Waals surface area contributed by atoms with Gasteiger partial charge in [-0.1, -0.05) is 30.3 Å². The SMILES string of the molecule is CCOC(=O)CC(O)(c1ccccc1)C1CCN(C(=O)OCC)CC1. The van der Waals surface area contributed by atoms with Gasteiger partial charge < -0.3 is 19.5 Å². The zero-order valence-corrected chi connectivity index (χ0v) is 14.9. The molecule has 1 N–H and O–H groups in total. The number of hydrogen-bond acceptors (Lipinski definition) is 5. The second-order valence-corrected chi connectivity index (χ2v) is 6.23. The third-order valence-electron chi connectivity index (χ3n) is 4.69. The molecule has 25 heavy (non-hydrogen) atoms. The summed E-state index contributed by atoms with van der Waals surface area (Å²) >= 11 is 0. The van der Waals surface area contributed by atoms with Crippen LogP contribution in [0.5, 0.6) is 0 Å². The number of rotatable bonds is 6. The lowest BCUT2D eigenvalue weighted by Gasteiger charge is -2.41. The van der Waals surface area contributed by atoms with Gasteiger partial charge in [0, 0.05) is 13.1 Å². The predicted octanol–water partition coefficient (Wildman–Crippen LogP) is 2.70. The summed E-state index contributed by atoms with van der Waals surface area (Å²) in [5, 5.41) is 11.4. The van der Waals surface area contributed by atoms with E-state index in [2.05, 4.69) is 0 Å². The monoisotopic (exact) mass is 349 g/mol. The quantitative estimate of drug-likeness (QED) is 0.799. The molecule has 0 bridgehead atoms. The van der Waals surface area contributed by atoms with Gasteiger partial charge >= 0.3 is 12.1 Å². The van der Waals surface area contributed by atoms with E-state index in [9.17, 15) is 14.7 Å². The first-order valence-corrected chi connectivity index (χ1v) is 8.86. The molecule has 1 amide bonds. The molecule has 0 aliphatic carbocycles. The molecular weight excluding hydrogens is 322 g/mol. The first kappa shape index (κ1) is 19.2. The summed E-state index contributed by atoms with van der Waals surface area (Å²) in [7, 11) is 0. The fourth-order valence-corrected chi connectivity index (χ4v) is 3.40. The number of piperidine rings is 1. The Balaban J connectivity index is 2.14. The minimum Gasteiger partial charge on any atom is -0.466 e. The van der Waals surface area contributed by atoms with E-state index in [0.717, 1.165) is 0 Å². The molecule has 138 valence electrons. The number of hydrogen-bond donors (Lipinski definition) is 1. The number of ether oxygens (including phenoxy) is 2. The summed E-state index contributed by atoms with van der Waals surface area (Å²) in [6, 6.07) is 9.23. The smallest absolute Gasteiger partial charge is 0.409 e. The Hall–Kier alpha value is -2.08. The molecule has 6 nitrogen and oxygen atoms in total. The minimum absolute atomic E-state index is 0.0884. The van der Waals surface area contributed by atoms with Crippen molar-refractivity contribution >= 4 is 12.1 Å². The van der Waals surface area contributed by atoms with Gasteiger partial charge in [0.25, 0.3) is 0 Å². The average Bonchev–Trinajstić information content (AvgIpc) is 2.63. The van der Waals surface area contributed by atoms with Crippen molar-refractivity contribution in [1.82, 2.24) is 4.90 Å². The highest BCUT2D eigenvalue weighted by atomic mass is 16.6. The van der Waals surface area contributed by atoms with Crippen molar-refractivity contribution in [2.75, 3.05) is 26.3 Å². The van der Waals surface area contributed by atoms with Gasteiger partial charge in [-0.05, 0) is 38.2 Å². The second kappa shape index (κ2) is 8.85. The molecule has 1 heterocycles. The number of amides is 1. The molecule has 0 saturated carbocycles. The molecule has 1 atom stereocenters. The highest BCUT2D eigenvalue weighted by Gasteiger charge is 2.42. The summed E-state index contributed by atoms with van der Waals surface area (Å²) in [4.78, 5) is 25.6. The van der Waals surface area contributed by atoms with Crippen molar-refractivity contribution in [3.05, 3.63) is 35.9 Å². The van der Waals surface area contributed by atoms with E-state index in [-0.39, 0.29) is 25.0 Å². The Morgan fingerprint density at radius 3 is 2.28 bits per heavy atom. The van der Waals surface area contributed by atoms with Crippen LogP contribution in [0.15, 0.2) is 30.3 Å². The van der Waals surface area contributed by atoms with Crippen LogP contribution in [-0.4, -0.2) is 48.4 Å². The van der Waals surface area contributed by atoms with Crippen LogP contribution >= 0.6 is 0 Å². The number of nitrogens with zero attached hydrogens (tertiary/aromatic N) is 1. The Labute approximate surface area is 148 Å². The van der Waals surface area contributed by atoms with E-state index in [1.807, 2.05) is 30.3 Å². The minimum atomic E-state index is -1.30. The maximum Gasteiger partial charge on any atom is 0.409 e. The van der Waals surface area contributed by atoms with E-state index in [4.69, 9.17) is 9.47 Å². The summed E-state index contributed by atoms with van der Waals surface area (Å²) < 4.78 is 10.1. The summed E-state index contributed by atoms with van der Waals surface area (Å²) in [6.45, 7) is 5.15. The normalized spacial score (nSPS) is 17.6. The van der Waals surface area contributed by atoms with Crippen LogP contribution in [0, 0.1) is 5.92 Å². The standard InChI is InChI=1S/C19H27NO5/c1-3-24-17(21)14-19(23,15-8-6-5-7-9-15)16-10-12-20(13-11-16)18(22)25-4-2/h5-9,16,23H,3-4,10-14H2,1-2H3. The molecule has 1 aliphatic rings. The van der Waals surface area contributed by atoms with Gasteiger partial charge in [-0.15, -0.1) is 0 Å². The molecule has 1 unspecified atom stereocenters. The largest absolute Gasteiger partial charge is 0.466 e. The molecule has 0 radical (unpaired) electrons. The Bertz CT molecular complexity index is 568. The third-order valence-corrected chi connectivity index (χ3v) is 4.69. The van der Waals surface area contributed by atoms with Crippen LogP contribution in [0.3, 0.4) is 0 Å². The number of aliphatic hydroxyl groups is 1. The number of carbonyl (C=O) groups is 2. The maximum absolute atomic E-state index is 12.1. The van der Waals surface area contributed by atoms with Crippen molar-refractivity contribution in [1.29, 1.82) is 0 Å². The molecular formula is C19H27NO5. The number of likely N-dealkylation sites (tertiary alicyclic amines) is 1. The predicted molar refractivity (Wildman–Crippen MR) is 92.9 cm³/mol. The molecule has 1 aromatic rings. The van der Waals surface area contributed by atoms with Crippen LogP contribution in [0.25, 0.3) is 0 Å². The van der Waals surface area contributed by atoms with Gasteiger partial charge in [-0.3, -0.25) is 4.79 Å². The van der Waals surface area contributed by atoms with Crippen molar-refractivity contribution in [3.63, 3.8) is 0 Å². The van der Waals surface area contributed by atoms with Crippen molar-refractivity contribution in [2.45, 2.75) is 38.7 Å². The lowest BCUT2D eigenvalue weighted by atomic mass is 9.74. The van der Waals surface area contributed by atoms with Gasteiger partial charge in [-0.25, -0.2) is 4.79 Å². The van der Waals surface area contributed by atoms with Crippen LogP contribution < -0.4 is 0 Å². The lowest BCUT2D eigenvalue weighted by molar-refractivity contribution is -0.153. The van der Waals surface area contributed by atoms with Gasteiger partial charge in [0.2, 0.25) is 0 Å². The fourth-order valence-electron chi connectivity index (χ4n) is 3.40. The van der Waals surface area contributed by atoms with E-state index < -0.39 is 11.6 Å². The Morgan fingerprint density at radius 1 is 1.12 bits per heavy atom. The van der Waals surface area contributed by atoms with E-state index >= 15 is 0 Å². The van der Waals surface area contributed by atoms with E-state index in [1.165, 1.54) is 0 Å². The van der Waals surface area contributed by atoms with Gasteiger partial charge in [0.1, 0.15) is 5.60 Å². The molecule has 6 heteroatoms. The van der Waals surface area contributed by atoms with Gasteiger partial charge in [-0.2, -0.15) is 0 Å². The van der Waals surface area contributed by atoms with Crippen LogP contribution in [-0.2, 0) is 19.9 Å². The number of benzene rings is 1. The first-order chi connectivity index (χ1) is 12.0. The topological polar surface area (TPSA) is 76.1 Å². The van der Waals surface area contributed by atoms with Crippen LogP contribution in [0.2, 0.25) is 0 Å². The maximum atomic E-state index is 12.1. The van der Waals surface area contributed by atoms with Crippen molar-refractivity contribution < 1.29 is 24.2 Å². The number of carbonyl (C=O) groups excluding carboxylic acids is 2. The molecule has 1 saturated heterocycles. The molecule has 1 fully saturated rings. The van der Waals surface area contributed by atoms with E-state index in [1.54, 1.807) is 18.7 Å². The van der Waals surface area contributed by atoms with Crippen LogP contribution in [0.1, 0.15) is 38.7 Å². The van der Waals surface area contributed by atoms with E-state index in [0.29, 0.717) is 38.1 Å². The third kappa shape index (κ3) is 4.72. The zero-order chi connectivity index (χ0) is 18.3. The number of esters is 1. The molecule has 1 aromatic carbocycles. The van der Waals surface area contributed by atoms with Gasteiger partial charge in [0.15, 0.2) is 0 Å².